The number of methoxy groups -OCH3 is 1. The van der Waals surface area contributed by atoms with E-state index in [-0.39, 0.29) is 18.1 Å². The Balaban J connectivity index is 2.15. The third-order valence-corrected chi connectivity index (χ3v) is 3.20. The Morgan fingerprint density at radius 2 is 2.09 bits per heavy atom. The van der Waals surface area contributed by atoms with E-state index < -0.39 is 5.97 Å². The number of rotatable bonds is 7. The molecule has 0 saturated heterocycles. The van der Waals surface area contributed by atoms with Crippen molar-refractivity contribution in [2.24, 2.45) is 0 Å². The summed E-state index contributed by atoms with van der Waals surface area (Å²) in [6.07, 6.45) is 1.21. The minimum atomic E-state index is -1.15. The standard InChI is InChI=1S/C15H18N4O4/c1-3-6-11-14(15(21)22)17-18-19(11)9-13(20)16-10-7-4-5-8-12(10)23-2/h4-5,7-8H,3,6,9H2,1-2H3,(H,16,20)(H,21,22). The predicted octanol–water partition coefficient (Wildman–Crippen LogP) is 1.58. The van der Waals surface area contributed by atoms with Crippen LogP contribution < -0.4 is 10.1 Å². The number of benzene rings is 1. The zero-order valence-corrected chi connectivity index (χ0v) is 12.9. The Kier molecular flexibility index (Phi) is 5.29. The molecule has 8 heteroatoms. The monoisotopic (exact) mass is 318 g/mol. The lowest BCUT2D eigenvalue weighted by Gasteiger charge is -2.10. The molecular formula is C15H18N4O4. The summed E-state index contributed by atoms with van der Waals surface area (Å²) in [6.45, 7) is 1.80. The molecule has 23 heavy (non-hydrogen) atoms. The van der Waals surface area contributed by atoms with Crippen LogP contribution in [0.5, 0.6) is 5.75 Å². The second kappa shape index (κ2) is 7.39. The van der Waals surface area contributed by atoms with E-state index in [4.69, 9.17) is 9.84 Å². The van der Waals surface area contributed by atoms with Gasteiger partial charge in [-0.25, -0.2) is 9.48 Å². The van der Waals surface area contributed by atoms with E-state index in [0.29, 0.717) is 23.6 Å². The third-order valence-electron chi connectivity index (χ3n) is 3.20. The maximum Gasteiger partial charge on any atom is 0.358 e. The predicted molar refractivity (Wildman–Crippen MR) is 82.6 cm³/mol. The molecule has 0 radical (unpaired) electrons. The molecule has 0 bridgehead atoms. The second-order valence-corrected chi connectivity index (χ2v) is 4.85. The maximum absolute atomic E-state index is 12.2. The fraction of sp³-hybridized carbons (Fsp3) is 0.333. The summed E-state index contributed by atoms with van der Waals surface area (Å²) in [5.74, 6) is -0.946. The molecule has 0 spiro atoms. The van der Waals surface area contributed by atoms with Gasteiger partial charge in [0.05, 0.1) is 18.5 Å². The van der Waals surface area contributed by atoms with Crippen LogP contribution in [0.15, 0.2) is 24.3 Å². The first-order valence-electron chi connectivity index (χ1n) is 7.15. The molecule has 0 aliphatic rings. The van der Waals surface area contributed by atoms with Crippen molar-refractivity contribution < 1.29 is 19.4 Å². The van der Waals surface area contributed by atoms with Gasteiger partial charge < -0.3 is 15.2 Å². The summed E-state index contributed by atoms with van der Waals surface area (Å²) < 4.78 is 6.48. The number of carboxylic acid groups (broad SMARTS) is 1. The van der Waals surface area contributed by atoms with E-state index in [1.165, 1.54) is 11.8 Å². The number of nitrogens with one attached hydrogen (secondary N) is 1. The van der Waals surface area contributed by atoms with Gasteiger partial charge in [0.1, 0.15) is 12.3 Å². The highest BCUT2D eigenvalue weighted by Gasteiger charge is 2.19. The molecule has 0 unspecified atom stereocenters. The molecule has 1 aromatic heterocycles. The summed E-state index contributed by atoms with van der Waals surface area (Å²) in [5.41, 5.74) is 0.864. The topological polar surface area (TPSA) is 106 Å². The number of carbonyl (C=O) groups is 2. The molecule has 0 saturated carbocycles. The van der Waals surface area contributed by atoms with Gasteiger partial charge in [-0.3, -0.25) is 4.79 Å². The zero-order chi connectivity index (χ0) is 16.8. The molecule has 1 amide bonds. The van der Waals surface area contributed by atoms with E-state index >= 15 is 0 Å². The Bertz CT molecular complexity index is 711. The fourth-order valence-electron chi connectivity index (χ4n) is 2.18. The largest absolute Gasteiger partial charge is 0.495 e. The number of carboxylic acids is 1. The Morgan fingerprint density at radius 3 is 2.74 bits per heavy atom. The average Bonchev–Trinajstić information content (AvgIpc) is 2.91. The van der Waals surface area contributed by atoms with Crippen molar-refractivity contribution in [2.75, 3.05) is 12.4 Å². The minimum absolute atomic E-state index is 0.114. The smallest absolute Gasteiger partial charge is 0.358 e. The number of hydrogen-bond acceptors (Lipinski definition) is 5. The molecule has 2 rings (SSSR count). The van der Waals surface area contributed by atoms with Crippen molar-refractivity contribution in [1.82, 2.24) is 15.0 Å². The first-order chi connectivity index (χ1) is 11.1. The van der Waals surface area contributed by atoms with Crippen LogP contribution in [0, 0.1) is 0 Å². The van der Waals surface area contributed by atoms with E-state index in [1.807, 2.05) is 6.92 Å². The molecule has 0 atom stereocenters. The molecule has 1 heterocycles. The van der Waals surface area contributed by atoms with Crippen molar-refractivity contribution in [1.29, 1.82) is 0 Å². The van der Waals surface area contributed by atoms with Gasteiger partial charge in [-0.15, -0.1) is 5.10 Å². The van der Waals surface area contributed by atoms with Crippen molar-refractivity contribution in [3.63, 3.8) is 0 Å². The van der Waals surface area contributed by atoms with Crippen molar-refractivity contribution >= 4 is 17.6 Å². The van der Waals surface area contributed by atoms with Crippen LogP contribution in [0.1, 0.15) is 29.5 Å². The number of hydrogen-bond donors (Lipinski definition) is 2. The highest BCUT2D eigenvalue weighted by molar-refractivity contribution is 5.92. The number of aromatic carboxylic acids is 1. The van der Waals surface area contributed by atoms with E-state index in [1.54, 1.807) is 24.3 Å². The normalized spacial score (nSPS) is 10.3. The van der Waals surface area contributed by atoms with Crippen LogP contribution in [0.4, 0.5) is 5.69 Å². The van der Waals surface area contributed by atoms with Crippen LogP contribution >= 0.6 is 0 Å². The Morgan fingerprint density at radius 1 is 1.35 bits per heavy atom. The lowest BCUT2D eigenvalue weighted by Crippen LogP contribution is -2.21. The molecule has 0 fully saturated rings. The summed E-state index contributed by atoms with van der Waals surface area (Å²) in [4.78, 5) is 23.3. The van der Waals surface area contributed by atoms with E-state index in [0.717, 1.165) is 6.42 Å². The molecule has 8 nitrogen and oxygen atoms in total. The lowest BCUT2D eigenvalue weighted by atomic mass is 10.2. The quantitative estimate of drug-likeness (QED) is 0.802. The van der Waals surface area contributed by atoms with Gasteiger partial charge in [-0.2, -0.15) is 0 Å². The summed E-state index contributed by atoms with van der Waals surface area (Å²) in [6, 6.07) is 7.02. The van der Waals surface area contributed by atoms with Gasteiger partial charge in [0.25, 0.3) is 0 Å². The number of carbonyl (C=O) groups excluding carboxylic acids is 1. The number of amides is 1. The Hall–Kier alpha value is -2.90. The Labute approximate surface area is 133 Å². The molecule has 2 aromatic rings. The number of anilines is 1. The average molecular weight is 318 g/mol. The van der Waals surface area contributed by atoms with Gasteiger partial charge in [-0.05, 0) is 18.6 Å². The number of para-hydroxylation sites is 2. The highest BCUT2D eigenvalue weighted by Crippen LogP contribution is 2.23. The molecule has 122 valence electrons. The van der Waals surface area contributed by atoms with Gasteiger partial charge in [0.2, 0.25) is 5.91 Å². The second-order valence-electron chi connectivity index (χ2n) is 4.85. The number of ether oxygens (including phenoxy) is 1. The van der Waals surface area contributed by atoms with E-state index in [2.05, 4.69) is 15.6 Å². The fourth-order valence-corrected chi connectivity index (χ4v) is 2.18. The van der Waals surface area contributed by atoms with Gasteiger partial charge >= 0.3 is 5.97 Å². The van der Waals surface area contributed by atoms with Gasteiger partial charge in [-0.1, -0.05) is 30.7 Å². The number of nitrogens with zero attached hydrogens (tertiary/aromatic N) is 3. The minimum Gasteiger partial charge on any atom is -0.495 e. The van der Waals surface area contributed by atoms with Gasteiger partial charge in [0, 0.05) is 0 Å². The van der Waals surface area contributed by atoms with Crippen LogP contribution in [-0.2, 0) is 17.8 Å². The van der Waals surface area contributed by atoms with E-state index in [9.17, 15) is 9.59 Å². The third kappa shape index (κ3) is 3.85. The highest BCUT2D eigenvalue weighted by atomic mass is 16.5. The lowest BCUT2D eigenvalue weighted by molar-refractivity contribution is -0.117. The summed E-state index contributed by atoms with van der Waals surface area (Å²) in [5, 5.41) is 19.2. The first-order valence-corrected chi connectivity index (χ1v) is 7.15. The van der Waals surface area contributed by atoms with Crippen molar-refractivity contribution in [2.45, 2.75) is 26.3 Å². The SMILES string of the molecule is CCCc1c(C(=O)O)nnn1CC(=O)Nc1ccccc1OC. The zero-order valence-electron chi connectivity index (χ0n) is 12.9. The molecule has 0 aliphatic heterocycles. The molecular weight excluding hydrogens is 300 g/mol. The first kappa shape index (κ1) is 16.5. The summed E-state index contributed by atoms with van der Waals surface area (Å²) in [7, 11) is 1.51. The van der Waals surface area contributed by atoms with Crippen molar-refractivity contribution in [3.05, 3.63) is 35.7 Å². The maximum atomic E-state index is 12.2. The summed E-state index contributed by atoms with van der Waals surface area (Å²) >= 11 is 0. The number of aromatic nitrogens is 3. The van der Waals surface area contributed by atoms with Gasteiger partial charge in [0.15, 0.2) is 5.69 Å². The van der Waals surface area contributed by atoms with Crippen LogP contribution in [-0.4, -0.2) is 39.1 Å². The van der Waals surface area contributed by atoms with Crippen molar-refractivity contribution in [3.8, 4) is 5.75 Å². The van der Waals surface area contributed by atoms with Crippen LogP contribution in [0.25, 0.3) is 0 Å². The molecule has 0 aliphatic carbocycles. The molecule has 1 aromatic carbocycles. The molecule has 2 N–H and O–H groups in total. The van der Waals surface area contributed by atoms with Crippen LogP contribution in [0.2, 0.25) is 0 Å². The van der Waals surface area contributed by atoms with Crippen LogP contribution in [0.3, 0.4) is 0 Å².